The Hall–Kier alpha value is -3.68. The predicted octanol–water partition coefficient (Wildman–Crippen LogP) is 2.97. The van der Waals surface area contributed by atoms with Gasteiger partial charge >= 0.3 is 0 Å². The molecule has 0 aliphatic rings. The molecule has 2 amide bonds. The molecule has 0 fully saturated rings. The molecule has 0 aliphatic heterocycles. The number of hydrogen-bond donors (Lipinski definition) is 2. The number of nitrogens with zero attached hydrogens (tertiary/aromatic N) is 4. The van der Waals surface area contributed by atoms with Gasteiger partial charge in [0.25, 0.3) is 11.8 Å². The van der Waals surface area contributed by atoms with Crippen molar-refractivity contribution in [1.29, 1.82) is 0 Å². The minimum atomic E-state index is -0.408. The fraction of sp³-hybridized carbons (Fsp3) is 0.273. The third kappa shape index (κ3) is 3.20. The van der Waals surface area contributed by atoms with Crippen molar-refractivity contribution in [1.82, 2.24) is 30.2 Å². The highest BCUT2D eigenvalue weighted by Gasteiger charge is 2.21. The smallest absolute Gasteiger partial charge is 0.271 e. The van der Waals surface area contributed by atoms with Crippen molar-refractivity contribution >= 4 is 33.8 Å². The average molecular weight is 404 g/mol. The summed E-state index contributed by atoms with van der Waals surface area (Å²) in [5.41, 5.74) is 9.11. The summed E-state index contributed by atoms with van der Waals surface area (Å²) in [6.45, 7) is 5.87. The number of hydrazine groups is 1. The number of hydrogen-bond acceptors (Lipinski definition) is 4. The zero-order valence-corrected chi connectivity index (χ0v) is 17.6. The number of carbonyl (C=O) groups excluding carboxylic acids is 2. The maximum absolute atomic E-state index is 13.0. The lowest BCUT2D eigenvalue weighted by atomic mass is 10.0. The molecule has 0 aliphatic carbocycles. The molecule has 3 heterocycles. The summed E-state index contributed by atoms with van der Waals surface area (Å²) in [6.07, 6.45) is 1.75. The van der Waals surface area contributed by atoms with E-state index in [9.17, 15) is 9.59 Å². The van der Waals surface area contributed by atoms with Gasteiger partial charge in [-0.15, -0.1) is 0 Å². The van der Waals surface area contributed by atoms with Crippen LogP contribution in [0.2, 0.25) is 0 Å². The number of nitrogens with one attached hydrogen (secondary N) is 2. The molecule has 4 aromatic rings. The van der Waals surface area contributed by atoms with Crippen LogP contribution in [0.25, 0.3) is 21.9 Å². The van der Waals surface area contributed by atoms with E-state index in [4.69, 9.17) is 0 Å². The van der Waals surface area contributed by atoms with E-state index >= 15 is 0 Å². The molecule has 0 bridgehead atoms. The Kier molecular flexibility index (Phi) is 4.77. The monoisotopic (exact) mass is 404 g/mol. The van der Waals surface area contributed by atoms with Crippen LogP contribution in [-0.2, 0) is 14.1 Å². The number of aryl methyl sites for hydroxylation is 3. The first kappa shape index (κ1) is 19.6. The summed E-state index contributed by atoms with van der Waals surface area (Å²) < 4.78 is 3.55. The molecule has 8 nitrogen and oxygen atoms in total. The van der Waals surface area contributed by atoms with E-state index in [0.29, 0.717) is 27.9 Å². The number of amides is 2. The lowest BCUT2D eigenvalue weighted by Crippen LogP contribution is -2.41. The molecule has 1 aromatic carbocycles. The van der Waals surface area contributed by atoms with Gasteiger partial charge in [-0.05, 0) is 25.0 Å². The highest BCUT2D eigenvalue weighted by Crippen LogP contribution is 2.25. The summed E-state index contributed by atoms with van der Waals surface area (Å²) in [4.78, 5) is 30.4. The van der Waals surface area contributed by atoms with Gasteiger partial charge in [-0.25, -0.2) is 4.98 Å². The normalized spacial score (nSPS) is 11.4. The maximum atomic E-state index is 13.0. The standard InChI is InChI=1S/C22H24N6O2/c1-12(2)17-10-15(19-13(3)26-28(5)20(19)23-17)21(29)24-25-22(30)16-11-27(4)18-9-7-6-8-14(16)18/h6-12H,1-5H3,(H,24,29)(H,25,30). The summed E-state index contributed by atoms with van der Waals surface area (Å²) in [5.74, 6) is -0.646. The first-order chi connectivity index (χ1) is 14.3. The van der Waals surface area contributed by atoms with Gasteiger partial charge in [0, 0.05) is 36.9 Å². The Morgan fingerprint density at radius 3 is 2.40 bits per heavy atom. The molecule has 8 heteroatoms. The van der Waals surface area contributed by atoms with E-state index in [0.717, 1.165) is 16.6 Å². The van der Waals surface area contributed by atoms with Gasteiger partial charge in [0.1, 0.15) is 0 Å². The lowest BCUT2D eigenvalue weighted by molar-refractivity contribution is 0.0848. The van der Waals surface area contributed by atoms with E-state index in [2.05, 4.69) is 20.9 Å². The van der Waals surface area contributed by atoms with Crippen molar-refractivity contribution in [2.24, 2.45) is 14.1 Å². The molecule has 154 valence electrons. The molecule has 2 N–H and O–H groups in total. The largest absolute Gasteiger partial charge is 0.350 e. The molecule has 0 unspecified atom stereocenters. The lowest BCUT2D eigenvalue weighted by Gasteiger charge is -2.11. The van der Waals surface area contributed by atoms with Crippen molar-refractivity contribution < 1.29 is 9.59 Å². The number of para-hydroxylation sites is 1. The molecular weight excluding hydrogens is 380 g/mol. The third-order valence-electron chi connectivity index (χ3n) is 5.26. The average Bonchev–Trinajstić information content (AvgIpc) is 3.22. The zero-order valence-electron chi connectivity index (χ0n) is 17.6. The van der Waals surface area contributed by atoms with Gasteiger partial charge < -0.3 is 4.57 Å². The SMILES string of the molecule is Cc1nn(C)c2nc(C(C)C)cc(C(=O)NNC(=O)c3cn(C)c4ccccc34)c12. The number of benzene rings is 1. The van der Waals surface area contributed by atoms with Gasteiger partial charge in [-0.3, -0.25) is 25.1 Å². The van der Waals surface area contributed by atoms with Crippen LogP contribution in [0.5, 0.6) is 0 Å². The van der Waals surface area contributed by atoms with Crippen LogP contribution in [0.3, 0.4) is 0 Å². The van der Waals surface area contributed by atoms with Crippen LogP contribution in [0.15, 0.2) is 36.5 Å². The molecule has 0 atom stereocenters. The molecule has 0 saturated carbocycles. The molecule has 0 saturated heterocycles. The Morgan fingerprint density at radius 2 is 1.70 bits per heavy atom. The van der Waals surface area contributed by atoms with Gasteiger partial charge in [0.05, 0.1) is 22.2 Å². The second-order valence-electron chi connectivity index (χ2n) is 7.74. The van der Waals surface area contributed by atoms with E-state index in [1.54, 1.807) is 24.0 Å². The van der Waals surface area contributed by atoms with Crippen molar-refractivity contribution in [2.45, 2.75) is 26.7 Å². The van der Waals surface area contributed by atoms with Crippen LogP contribution in [-0.4, -0.2) is 31.1 Å². The summed E-state index contributed by atoms with van der Waals surface area (Å²) >= 11 is 0. The summed E-state index contributed by atoms with van der Waals surface area (Å²) in [7, 11) is 3.68. The minimum absolute atomic E-state index is 0.140. The van der Waals surface area contributed by atoms with Crippen LogP contribution in [0.4, 0.5) is 0 Å². The summed E-state index contributed by atoms with van der Waals surface area (Å²) in [5, 5.41) is 5.90. The van der Waals surface area contributed by atoms with Crippen molar-refractivity contribution in [3.63, 3.8) is 0 Å². The fourth-order valence-electron chi connectivity index (χ4n) is 3.71. The van der Waals surface area contributed by atoms with Crippen molar-refractivity contribution in [2.75, 3.05) is 0 Å². The van der Waals surface area contributed by atoms with E-state index in [1.807, 2.05) is 56.7 Å². The van der Waals surface area contributed by atoms with E-state index in [1.165, 1.54) is 0 Å². The highest BCUT2D eigenvalue weighted by molar-refractivity contribution is 6.10. The maximum Gasteiger partial charge on any atom is 0.271 e. The Balaban J connectivity index is 1.64. The van der Waals surface area contributed by atoms with Gasteiger partial charge in [-0.2, -0.15) is 5.10 Å². The zero-order chi connectivity index (χ0) is 21.6. The minimum Gasteiger partial charge on any atom is -0.350 e. The number of fused-ring (bicyclic) bond motifs is 2. The molecule has 0 spiro atoms. The van der Waals surface area contributed by atoms with E-state index < -0.39 is 5.91 Å². The van der Waals surface area contributed by atoms with E-state index in [-0.39, 0.29) is 11.8 Å². The molecule has 0 radical (unpaired) electrons. The first-order valence-corrected chi connectivity index (χ1v) is 9.77. The number of carbonyl (C=O) groups is 2. The number of pyridine rings is 1. The Morgan fingerprint density at radius 1 is 1.03 bits per heavy atom. The fourth-order valence-corrected chi connectivity index (χ4v) is 3.71. The van der Waals surface area contributed by atoms with Crippen LogP contribution in [0, 0.1) is 6.92 Å². The number of rotatable bonds is 3. The van der Waals surface area contributed by atoms with Crippen molar-refractivity contribution in [3.8, 4) is 0 Å². The molecule has 3 aromatic heterocycles. The van der Waals surface area contributed by atoms with Crippen molar-refractivity contribution in [3.05, 3.63) is 59.0 Å². The molecule has 4 rings (SSSR count). The Bertz CT molecular complexity index is 1300. The third-order valence-corrected chi connectivity index (χ3v) is 5.26. The molecule has 30 heavy (non-hydrogen) atoms. The summed E-state index contributed by atoms with van der Waals surface area (Å²) in [6, 6.07) is 9.39. The highest BCUT2D eigenvalue weighted by atomic mass is 16.2. The van der Waals surface area contributed by atoms with Crippen LogP contribution < -0.4 is 10.9 Å². The molecular formula is C22H24N6O2. The predicted molar refractivity (Wildman–Crippen MR) is 115 cm³/mol. The van der Waals surface area contributed by atoms with Crippen LogP contribution >= 0.6 is 0 Å². The van der Waals surface area contributed by atoms with Crippen LogP contribution in [0.1, 0.15) is 51.9 Å². The Labute approximate surface area is 173 Å². The topological polar surface area (TPSA) is 93.8 Å². The first-order valence-electron chi connectivity index (χ1n) is 9.77. The van der Waals surface area contributed by atoms with Gasteiger partial charge in [0.2, 0.25) is 0 Å². The second-order valence-corrected chi connectivity index (χ2v) is 7.74. The second kappa shape index (κ2) is 7.29. The number of aromatic nitrogens is 4. The van der Waals surface area contributed by atoms with Gasteiger partial charge in [-0.1, -0.05) is 32.0 Å². The van der Waals surface area contributed by atoms with Gasteiger partial charge in [0.15, 0.2) is 5.65 Å². The quantitative estimate of drug-likeness (QED) is 0.514.